The van der Waals surface area contributed by atoms with E-state index in [2.05, 4.69) is 5.10 Å². The summed E-state index contributed by atoms with van der Waals surface area (Å²) in [6, 6.07) is -0.442. The second kappa shape index (κ2) is 5.51. The summed E-state index contributed by atoms with van der Waals surface area (Å²) in [5.74, 6) is -1.01. The van der Waals surface area contributed by atoms with Crippen LogP contribution in [-0.2, 0) is 21.4 Å². The molecule has 112 valence electrons. The fourth-order valence-corrected chi connectivity index (χ4v) is 4.06. The summed E-state index contributed by atoms with van der Waals surface area (Å²) in [6.45, 7) is 1.61. The van der Waals surface area contributed by atoms with Crippen molar-refractivity contribution >= 4 is 16.0 Å². The molecular weight excluding hydrogens is 286 g/mol. The molecule has 2 N–H and O–H groups in total. The Morgan fingerprint density at radius 2 is 2.25 bits per heavy atom. The third-order valence-corrected chi connectivity index (χ3v) is 5.41. The average molecular weight is 303 g/mol. The highest BCUT2D eigenvalue weighted by atomic mass is 32.2. The molecule has 0 saturated carbocycles. The SMILES string of the molecule is CC1CCN(S(=O)(=O)c2cnn(CC(=O)O)c2)C1CO. The number of nitrogens with zero attached hydrogens (tertiary/aromatic N) is 3. The maximum Gasteiger partial charge on any atom is 0.325 e. The van der Waals surface area contributed by atoms with E-state index in [-0.39, 0.29) is 17.4 Å². The van der Waals surface area contributed by atoms with Crippen molar-refractivity contribution in [3.05, 3.63) is 12.4 Å². The molecule has 0 amide bonds. The van der Waals surface area contributed by atoms with Crippen LogP contribution in [0.25, 0.3) is 0 Å². The van der Waals surface area contributed by atoms with Gasteiger partial charge in [-0.05, 0) is 12.3 Å². The molecule has 1 aliphatic heterocycles. The quantitative estimate of drug-likeness (QED) is 0.748. The number of carbonyl (C=O) groups is 1. The van der Waals surface area contributed by atoms with Crippen LogP contribution < -0.4 is 0 Å². The Balaban J connectivity index is 2.26. The summed E-state index contributed by atoms with van der Waals surface area (Å²) < 4.78 is 27.2. The summed E-state index contributed by atoms with van der Waals surface area (Å²) in [5.41, 5.74) is 0. The number of aromatic nitrogens is 2. The van der Waals surface area contributed by atoms with E-state index in [0.29, 0.717) is 13.0 Å². The van der Waals surface area contributed by atoms with Crippen LogP contribution in [0.1, 0.15) is 13.3 Å². The predicted molar refractivity (Wildman–Crippen MR) is 68.4 cm³/mol. The van der Waals surface area contributed by atoms with Crippen LogP contribution in [0.4, 0.5) is 0 Å². The van der Waals surface area contributed by atoms with Gasteiger partial charge in [0.05, 0.1) is 18.8 Å². The molecule has 2 heterocycles. The molecule has 1 aromatic rings. The number of rotatable bonds is 5. The number of hydrogen-bond donors (Lipinski definition) is 2. The normalized spacial score (nSPS) is 24.1. The van der Waals surface area contributed by atoms with Crippen molar-refractivity contribution in [1.29, 1.82) is 0 Å². The Hall–Kier alpha value is -1.45. The Kier molecular flexibility index (Phi) is 4.11. The van der Waals surface area contributed by atoms with Gasteiger partial charge in [-0.2, -0.15) is 9.40 Å². The Bertz CT molecular complexity index is 597. The number of carboxylic acid groups (broad SMARTS) is 1. The van der Waals surface area contributed by atoms with Gasteiger partial charge in [-0.1, -0.05) is 6.92 Å². The van der Waals surface area contributed by atoms with E-state index in [4.69, 9.17) is 5.11 Å². The van der Waals surface area contributed by atoms with E-state index < -0.39 is 28.6 Å². The van der Waals surface area contributed by atoms with Gasteiger partial charge in [0.1, 0.15) is 11.4 Å². The molecule has 9 heteroatoms. The van der Waals surface area contributed by atoms with Gasteiger partial charge in [0.15, 0.2) is 0 Å². The van der Waals surface area contributed by atoms with E-state index in [9.17, 15) is 18.3 Å². The number of hydrogen-bond acceptors (Lipinski definition) is 5. The minimum Gasteiger partial charge on any atom is -0.480 e. The lowest BCUT2D eigenvalue weighted by atomic mass is 10.0. The van der Waals surface area contributed by atoms with Crippen LogP contribution in [-0.4, -0.2) is 57.9 Å². The van der Waals surface area contributed by atoms with Gasteiger partial charge in [0, 0.05) is 12.7 Å². The van der Waals surface area contributed by atoms with Gasteiger partial charge in [-0.3, -0.25) is 9.48 Å². The van der Waals surface area contributed by atoms with Crippen LogP contribution >= 0.6 is 0 Å². The minimum absolute atomic E-state index is 0.0497. The number of aliphatic carboxylic acids is 1. The molecule has 1 aromatic heterocycles. The molecule has 2 atom stereocenters. The second-order valence-electron chi connectivity index (χ2n) is 4.90. The first kappa shape index (κ1) is 14.9. The van der Waals surface area contributed by atoms with Gasteiger partial charge >= 0.3 is 5.97 Å². The second-order valence-corrected chi connectivity index (χ2v) is 6.79. The fraction of sp³-hybridized carbons (Fsp3) is 0.636. The third-order valence-electron chi connectivity index (χ3n) is 3.53. The van der Waals surface area contributed by atoms with Crippen molar-refractivity contribution in [2.75, 3.05) is 13.2 Å². The zero-order valence-corrected chi connectivity index (χ0v) is 11.8. The maximum absolute atomic E-state index is 12.5. The minimum atomic E-state index is -3.75. The van der Waals surface area contributed by atoms with Crippen LogP contribution in [0.2, 0.25) is 0 Å². The van der Waals surface area contributed by atoms with Gasteiger partial charge in [-0.15, -0.1) is 0 Å². The standard InChI is InChI=1S/C11H17N3O5S/c1-8-2-3-14(10(8)7-15)20(18,19)9-4-12-13(5-9)6-11(16)17/h4-5,8,10,15H,2-3,6-7H2,1H3,(H,16,17). The first-order valence-corrected chi connectivity index (χ1v) is 7.67. The van der Waals surface area contributed by atoms with Crippen molar-refractivity contribution in [3.63, 3.8) is 0 Å². The van der Waals surface area contributed by atoms with Crippen LogP contribution in [0.15, 0.2) is 17.3 Å². The Labute approximate surface area is 116 Å². The lowest BCUT2D eigenvalue weighted by Crippen LogP contribution is -2.39. The molecule has 2 unspecified atom stereocenters. The first-order chi connectivity index (χ1) is 9.36. The molecule has 0 spiro atoms. The molecule has 0 aliphatic carbocycles. The Morgan fingerprint density at radius 1 is 1.55 bits per heavy atom. The number of aliphatic hydroxyl groups is 1. The summed E-state index contributed by atoms with van der Waals surface area (Å²) in [6.07, 6.45) is 3.02. The zero-order chi connectivity index (χ0) is 14.9. The average Bonchev–Trinajstić information content (AvgIpc) is 2.95. The fourth-order valence-electron chi connectivity index (χ4n) is 2.38. The maximum atomic E-state index is 12.5. The van der Waals surface area contributed by atoms with Crippen LogP contribution in [0, 0.1) is 5.92 Å². The first-order valence-electron chi connectivity index (χ1n) is 6.23. The predicted octanol–water partition coefficient (Wildman–Crippen LogP) is -0.641. The molecular formula is C11H17N3O5S. The summed E-state index contributed by atoms with van der Waals surface area (Å²) in [7, 11) is -3.75. The van der Waals surface area contributed by atoms with Crippen LogP contribution in [0.5, 0.6) is 0 Å². The highest BCUT2D eigenvalue weighted by Crippen LogP contribution is 2.29. The Morgan fingerprint density at radius 3 is 2.85 bits per heavy atom. The zero-order valence-electron chi connectivity index (χ0n) is 11.0. The molecule has 0 bridgehead atoms. The van der Waals surface area contributed by atoms with Crippen LogP contribution in [0.3, 0.4) is 0 Å². The van der Waals surface area contributed by atoms with Gasteiger partial charge < -0.3 is 10.2 Å². The van der Waals surface area contributed by atoms with E-state index in [1.54, 1.807) is 0 Å². The topological polar surface area (TPSA) is 113 Å². The van der Waals surface area contributed by atoms with Crippen molar-refractivity contribution in [1.82, 2.24) is 14.1 Å². The summed E-state index contributed by atoms with van der Waals surface area (Å²) in [5, 5.41) is 21.7. The highest BCUT2D eigenvalue weighted by molar-refractivity contribution is 7.89. The molecule has 1 saturated heterocycles. The van der Waals surface area contributed by atoms with Crippen molar-refractivity contribution < 1.29 is 23.4 Å². The van der Waals surface area contributed by atoms with E-state index in [1.165, 1.54) is 10.5 Å². The lowest BCUT2D eigenvalue weighted by Gasteiger charge is -2.23. The van der Waals surface area contributed by atoms with E-state index in [1.807, 2.05) is 6.92 Å². The highest BCUT2D eigenvalue weighted by Gasteiger charge is 2.39. The number of aliphatic hydroxyl groups excluding tert-OH is 1. The number of sulfonamides is 1. The molecule has 8 nitrogen and oxygen atoms in total. The third kappa shape index (κ3) is 2.69. The molecule has 0 aromatic carbocycles. The molecule has 20 heavy (non-hydrogen) atoms. The smallest absolute Gasteiger partial charge is 0.325 e. The summed E-state index contributed by atoms with van der Waals surface area (Å²) >= 11 is 0. The van der Waals surface area contributed by atoms with Crippen molar-refractivity contribution in [2.24, 2.45) is 5.92 Å². The van der Waals surface area contributed by atoms with E-state index >= 15 is 0 Å². The van der Waals surface area contributed by atoms with Crippen molar-refractivity contribution in [2.45, 2.75) is 30.8 Å². The lowest BCUT2D eigenvalue weighted by molar-refractivity contribution is -0.137. The largest absolute Gasteiger partial charge is 0.480 e. The van der Waals surface area contributed by atoms with E-state index in [0.717, 1.165) is 10.9 Å². The molecule has 1 fully saturated rings. The van der Waals surface area contributed by atoms with Gasteiger partial charge in [0.25, 0.3) is 0 Å². The van der Waals surface area contributed by atoms with Gasteiger partial charge in [0.2, 0.25) is 10.0 Å². The monoisotopic (exact) mass is 303 g/mol. The van der Waals surface area contributed by atoms with Crippen molar-refractivity contribution in [3.8, 4) is 0 Å². The molecule has 1 aliphatic rings. The summed E-state index contributed by atoms with van der Waals surface area (Å²) in [4.78, 5) is 10.5. The number of carboxylic acids is 1. The molecule has 2 rings (SSSR count). The molecule has 0 radical (unpaired) electrons. The van der Waals surface area contributed by atoms with Gasteiger partial charge in [-0.25, -0.2) is 8.42 Å².